The van der Waals surface area contributed by atoms with Crippen LogP contribution < -0.4 is 0 Å². The Hall–Kier alpha value is -1.36. The molecule has 0 N–H and O–H groups in total. The normalized spacial score (nSPS) is 11.9. The number of sulfone groups is 1. The zero-order chi connectivity index (χ0) is 14.3. The van der Waals surface area contributed by atoms with E-state index in [4.69, 9.17) is 11.6 Å². The van der Waals surface area contributed by atoms with Crippen LogP contribution in [0, 0.1) is 6.92 Å². The highest BCUT2D eigenvalue weighted by Gasteiger charge is 2.23. The van der Waals surface area contributed by atoms with Crippen LogP contribution in [-0.4, -0.2) is 8.42 Å². The van der Waals surface area contributed by atoms with Crippen LogP contribution in [0.1, 0.15) is 5.56 Å². The minimum atomic E-state index is -3.47. The lowest BCUT2D eigenvalue weighted by atomic mass is 10.2. The second-order valence-corrected chi connectivity index (χ2v) is 8.11. The van der Waals surface area contributed by atoms with Gasteiger partial charge in [-0.1, -0.05) is 29.8 Å². The fourth-order valence-electron chi connectivity index (χ4n) is 2.13. The lowest BCUT2D eigenvalue weighted by Gasteiger charge is -2.02. The van der Waals surface area contributed by atoms with Gasteiger partial charge in [0.1, 0.15) is 4.21 Å². The smallest absolute Gasteiger partial charge is 0.216 e. The molecule has 0 saturated heterocycles. The maximum absolute atomic E-state index is 12.7. The molecule has 20 heavy (non-hydrogen) atoms. The number of hydrogen-bond donors (Lipinski definition) is 0. The Balaban J connectivity index is 2.28. The van der Waals surface area contributed by atoms with E-state index in [-0.39, 0.29) is 0 Å². The zero-order valence-electron chi connectivity index (χ0n) is 10.6. The minimum Gasteiger partial charge on any atom is -0.218 e. The summed E-state index contributed by atoms with van der Waals surface area (Å²) in [5.41, 5.74) is 0.761. The number of hydrogen-bond acceptors (Lipinski definition) is 3. The first-order chi connectivity index (χ1) is 9.50. The van der Waals surface area contributed by atoms with Gasteiger partial charge in [-0.05, 0) is 48.2 Å². The van der Waals surface area contributed by atoms with Gasteiger partial charge in [0.15, 0.2) is 0 Å². The predicted molar refractivity (Wildman–Crippen MR) is 83.5 cm³/mol. The van der Waals surface area contributed by atoms with Crippen molar-refractivity contribution in [1.29, 1.82) is 0 Å². The average molecular weight is 323 g/mol. The van der Waals surface area contributed by atoms with Crippen molar-refractivity contribution in [2.45, 2.75) is 16.0 Å². The molecule has 0 spiro atoms. The number of benzene rings is 2. The highest BCUT2D eigenvalue weighted by molar-refractivity contribution is 7.93. The molecule has 2 aromatic carbocycles. The van der Waals surface area contributed by atoms with Crippen molar-refractivity contribution in [3.8, 4) is 0 Å². The molecule has 0 aliphatic heterocycles. The van der Waals surface area contributed by atoms with Crippen molar-refractivity contribution in [3.05, 3.63) is 59.1 Å². The maximum atomic E-state index is 12.7. The van der Waals surface area contributed by atoms with E-state index in [1.807, 2.05) is 19.1 Å². The van der Waals surface area contributed by atoms with Gasteiger partial charge in [-0.15, -0.1) is 11.3 Å². The quantitative estimate of drug-likeness (QED) is 0.685. The molecule has 2 nitrogen and oxygen atoms in total. The zero-order valence-corrected chi connectivity index (χ0v) is 13.0. The van der Waals surface area contributed by atoms with Gasteiger partial charge < -0.3 is 0 Å². The highest BCUT2D eigenvalue weighted by atomic mass is 35.5. The molecule has 0 aliphatic carbocycles. The second kappa shape index (κ2) is 4.88. The van der Waals surface area contributed by atoms with Crippen molar-refractivity contribution in [2.75, 3.05) is 0 Å². The Morgan fingerprint density at radius 2 is 1.75 bits per heavy atom. The van der Waals surface area contributed by atoms with E-state index in [0.29, 0.717) is 14.1 Å². The first kappa shape index (κ1) is 13.6. The van der Waals surface area contributed by atoms with Crippen LogP contribution >= 0.6 is 22.9 Å². The van der Waals surface area contributed by atoms with E-state index in [2.05, 4.69) is 0 Å². The molecule has 0 bridgehead atoms. The fraction of sp³-hybridized carbons (Fsp3) is 0.0667. The lowest BCUT2D eigenvalue weighted by Crippen LogP contribution is -2.00. The molecule has 3 aromatic rings. The average Bonchev–Trinajstić information content (AvgIpc) is 2.78. The van der Waals surface area contributed by atoms with E-state index in [1.54, 1.807) is 36.4 Å². The number of fused-ring (bicyclic) bond motifs is 1. The molecule has 0 aliphatic rings. The molecule has 0 saturated carbocycles. The number of thiophene rings is 1. The van der Waals surface area contributed by atoms with Crippen molar-refractivity contribution < 1.29 is 8.42 Å². The van der Waals surface area contributed by atoms with Gasteiger partial charge in [0.2, 0.25) is 9.84 Å². The molecule has 0 amide bonds. The molecule has 0 radical (unpaired) electrons. The molecule has 0 fully saturated rings. The Labute approximate surface area is 126 Å². The van der Waals surface area contributed by atoms with Gasteiger partial charge in [0.05, 0.1) is 4.90 Å². The van der Waals surface area contributed by atoms with Crippen molar-refractivity contribution in [1.82, 2.24) is 0 Å². The molecule has 1 heterocycles. The summed E-state index contributed by atoms with van der Waals surface area (Å²) < 4.78 is 26.7. The first-order valence-corrected chi connectivity index (χ1v) is 8.67. The summed E-state index contributed by atoms with van der Waals surface area (Å²) in [6.07, 6.45) is 0. The number of rotatable bonds is 2. The van der Waals surface area contributed by atoms with Gasteiger partial charge >= 0.3 is 0 Å². The molecule has 3 rings (SSSR count). The third-order valence-corrected chi connectivity index (χ3v) is 7.05. The van der Waals surface area contributed by atoms with E-state index in [1.165, 1.54) is 11.3 Å². The largest absolute Gasteiger partial charge is 0.218 e. The van der Waals surface area contributed by atoms with Gasteiger partial charge in [-0.3, -0.25) is 0 Å². The Bertz CT molecular complexity index is 881. The number of aryl methyl sites for hydroxylation is 1. The summed E-state index contributed by atoms with van der Waals surface area (Å²) in [5, 5.41) is 1.51. The highest BCUT2D eigenvalue weighted by Crippen LogP contribution is 2.38. The van der Waals surface area contributed by atoms with E-state index in [9.17, 15) is 8.42 Å². The monoisotopic (exact) mass is 322 g/mol. The van der Waals surface area contributed by atoms with Crippen LogP contribution in [0.25, 0.3) is 10.1 Å². The van der Waals surface area contributed by atoms with Crippen LogP contribution in [0.2, 0.25) is 5.02 Å². The van der Waals surface area contributed by atoms with Gasteiger partial charge in [0, 0.05) is 9.72 Å². The summed E-state index contributed by atoms with van der Waals surface area (Å²) in [6, 6.07) is 13.9. The standard InChI is InChI=1S/C15H11ClO2S2/c1-10-13-9-11(16)7-8-14(13)19-15(10)20(17,18)12-5-3-2-4-6-12/h2-9H,1H3. The fourth-order valence-corrected chi connectivity index (χ4v) is 5.47. The van der Waals surface area contributed by atoms with Crippen LogP contribution in [0.3, 0.4) is 0 Å². The maximum Gasteiger partial charge on any atom is 0.216 e. The summed E-state index contributed by atoms with van der Waals surface area (Å²) >= 11 is 7.27. The topological polar surface area (TPSA) is 34.1 Å². The SMILES string of the molecule is Cc1c(S(=O)(=O)c2ccccc2)sc2ccc(Cl)cc12. The lowest BCUT2D eigenvalue weighted by molar-refractivity contribution is 0.597. The summed E-state index contributed by atoms with van der Waals surface area (Å²) in [4.78, 5) is 0.320. The summed E-state index contributed by atoms with van der Waals surface area (Å²) in [6.45, 7) is 1.82. The van der Waals surface area contributed by atoms with Gasteiger partial charge in [0.25, 0.3) is 0 Å². The summed E-state index contributed by atoms with van der Waals surface area (Å²) in [7, 11) is -3.47. The Morgan fingerprint density at radius 3 is 2.45 bits per heavy atom. The van der Waals surface area contributed by atoms with Crippen LogP contribution in [0.15, 0.2) is 57.6 Å². The molecular weight excluding hydrogens is 312 g/mol. The second-order valence-electron chi connectivity index (χ2n) is 4.47. The van der Waals surface area contributed by atoms with E-state index >= 15 is 0 Å². The van der Waals surface area contributed by atoms with Gasteiger partial charge in [-0.2, -0.15) is 0 Å². The third kappa shape index (κ3) is 2.14. The molecule has 0 unspecified atom stereocenters. The third-order valence-electron chi connectivity index (χ3n) is 3.15. The van der Waals surface area contributed by atoms with E-state index < -0.39 is 9.84 Å². The molecule has 0 atom stereocenters. The molecule has 1 aromatic heterocycles. The van der Waals surface area contributed by atoms with Crippen LogP contribution in [0.5, 0.6) is 0 Å². The van der Waals surface area contributed by atoms with Crippen molar-refractivity contribution in [2.24, 2.45) is 0 Å². The van der Waals surface area contributed by atoms with Gasteiger partial charge in [-0.25, -0.2) is 8.42 Å². The Morgan fingerprint density at radius 1 is 1.05 bits per heavy atom. The van der Waals surface area contributed by atoms with Crippen LogP contribution in [0.4, 0.5) is 0 Å². The number of halogens is 1. The first-order valence-electron chi connectivity index (χ1n) is 5.99. The van der Waals surface area contributed by atoms with Crippen molar-refractivity contribution >= 4 is 42.9 Å². The van der Waals surface area contributed by atoms with Crippen molar-refractivity contribution in [3.63, 3.8) is 0 Å². The van der Waals surface area contributed by atoms with E-state index in [0.717, 1.165) is 15.6 Å². The summed E-state index contributed by atoms with van der Waals surface area (Å²) in [5.74, 6) is 0. The molecule has 5 heteroatoms. The predicted octanol–water partition coefficient (Wildman–Crippen LogP) is 4.70. The van der Waals surface area contributed by atoms with Crippen LogP contribution in [-0.2, 0) is 9.84 Å². The Kier molecular flexibility index (Phi) is 3.32. The molecular formula is C15H11ClO2S2. The minimum absolute atomic E-state index is 0.320. The molecule has 102 valence electrons.